The summed E-state index contributed by atoms with van der Waals surface area (Å²) in [4.78, 5) is 2.12. The van der Waals surface area contributed by atoms with Crippen LogP contribution in [0.2, 0.25) is 0 Å². The first-order chi connectivity index (χ1) is 7.63. The SMILES string of the molecule is COc1ccc(N)cc1OCCCN(C)C. The van der Waals surface area contributed by atoms with Crippen molar-refractivity contribution >= 4 is 5.69 Å². The van der Waals surface area contributed by atoms with Crippen molar-refractivity contribution in [3.05, 3.63) is 18.2 Å². The summed E-state index contributed by atoms with van der Waals surface area (Å²) >= 11 is 0. The predicted octanol–water partition coefficient (Wildman–Crippen LogP) is 1.61. The Morgan fingerprint density at radius 2 is 2.00 bits per heavy atom. The number of anilines is 1. The maximum atomic E-state index is 5.69. The van der Waals surface area contributed by atoms with Crippen LogP contribution in [-0.4, -0.2) is 39.3 Å². The molecule has 0 bridgehead atoms. The Labute approximate surface area is 96.9 Å². The van der Waals surface area contributed by atoms with Gasteiger partial charge in [0, 0.05) is 18.3 Å². The molecule has 0 radical (unpaired) electrons. The van der Waals surface area contributed by atoms with Crippen molar-refractivity contribution in [3.8, 4) is 11.5 Å². The van der Waals surface area contributed by atoms with Crippen LogP contribution in [0.25, 0.3) is 0 Å². The third kappa shape index (κ3) is 3.98. The molecule has 16 heavy (non-hydrogen) atoms. The molecule has 1 aromatic carbocycles. The van der Waals surface area contributed by atoms with Gasteiger partial charge in [-0.3, -0.25) is 0 Å². The molecule has 0 aliphatic heterocycles. The molecular formula is C12H20N2O2. The predicted molar refractivity (Wildman–Crippen MR) is 66.1 cm³/mol. The summed E-state index contributed by atoms with van der Waals surface area (Å²) in [6.45, 7) is 1.67. The van der Waals surface area contributed by atoms with Crippen molar-refractivity contribution in [1.82, 2.24) is 4.90 Å². The summed E-state index contributed by atoms with van der Waals surface area (Å²) in [7, 11) is 5.71. The van der Waals surface area contributed by atoms with Crippen LogP contribution in [0.1, 0.15) is 6.42 Å². The normalized spacial score (nSPS) is 10.5. The van der Waals surface area contributed by atoms with Crippen molar-refractivity contribution in [3.63, 3.8) is 0 Å². The molecule has 1 rings (SSSR count). The molecule has 0 heterocycles. The number of rotatable bonds is 6. The number of ether oxygens (including phenoxy) is 2. The van der Waals surface area contributed by atoms with Gasteiger partial charge in [0.1, 0.15) is 0 Å². The zero-order valence-corrected chi connectivity index (χ0v) is 10.2. The average Bonchev–Trinajstić information content (AvgIpc) is 2.24. The minimum Gasteiger partial charge on any atom is -0.493 e. The van der Waals surface area contributed by atoms with Gasteiger partial charge >= 0.3 is 0 Å². The van der Waals surface area contributed by atoms with Gasteiger partial charge in [-0.25, -0.2) is 0 Å². The fourth-order valence-electron chi connectivity index (χ4n) is 1.37. The van der Waals surface area contributed by atoms with Crippen LogP contribution in [0, 0.1) is 0 Å². The molecular weight excluding hydrogens is 204 g/mol. The second kappa shape index (κ2) is 6.23. The Hall–Kier alpha value is -1.42. The molecule has 0 fully saturated rings. The fourth-order valence-corrected chi connectivity index (χ4v) is 1.37. The Balaban J connectivity index is 2.48. The zero-order chi connectivity index (χ0) is 12.0. The van der Waals surface area contributed by atoms with E-state index in [1.165, 1.54) is 0 Å². The van der Waals surface area contributed by atoms with Crippen molar-refractivity contribution in [2.24, 2.45) is 0 Å². The van der Waals surface area contributed by atoms with Crippen molar-refractivity contribution < 1.29 is 9.47 Å². The minimum absolute atomic E-state index is 0.665. The molecule has 0 saturated carbocycles. The number of hydrogen-bond acceptors (Lipinski definition) is 4. The highest BCUT2D eigenvalue weighted by atomic mass is 16.5. The molecule has 0 unspecified atom stereocenters. The van der Waals surface area contributed by atoms with Crippen LogP contribution in [-0.2, 0) is 0 Å². The van der Waals surface area contributed by atoms with Gasteiger partial charge in [0.05, 0.1) is 13.7 Å². The number of nitrogens with zero attached hydrogens (tertiary/aromatic N) is 1. The monoisotopic (exact) mass is 224 g/mol. The van der Waals surface area contributed by atoms with Crippen LogP contribution < -0.4 is 15.2 Å². The van der Waals surface area contributed by atoms with Crippen LogP contribution in [0.15, 0.2) is 18.2 Å². The van der Waals surface area contributed by atoms with Gasteiger partial charge in [-0.2, -0.15) is 0 Å². The first kappa shape index (κ1) is 12.6. The topological polar surface area (TPSA) is 47.7 Å². The van der Waals surface area contributed by atoms with Gasteiger partial charge in [0.2, 0.25) is 0 Å². The molecule has 0 aromatic heterocycles. The van der Waals surface area contributed by atoms with Crippen molar-refractivity contribution in [2.75, 3.05) is 40.1 Å². The molecule has 90 valence electrons. The summed E-state index contributed by atoms with van der Waals surface area (Å²) in [5.74, 6) is 1.43. The zero-order valence-electron chi connectivity index (χ0n) is 10.2. The number of nitrogens with two attached hydrogens (primary N) is 1. The lowest BCUT2D eigenvalue weighted by atomic mass is 10.3. The van der Waals surface area contributed by atoms with E-state index in [0.717, 1.165) is 18.7 Å². The molecule has 0 spiro atoms. The van der Waals surface area contributed by atoms with Crippen LogP contribution in [0.4, 0.5) is 5.69 Å². The fraction of sp³-hybridized carbons (Fsp3) is 0.500. The van der Waals surface area contributed by atoms with Crippen LogP contribution in [0.3, 0.4) is 0 Å². The molecule has 4 nitrogen and oxygen atoms in total. The van der Waals surface area contributed by atoms with Gasteiger partial charge in [0.25, 0.3) is 0 Å². The Morgan fingerprint density at radius 1 is 1.25 bits per heavy atom. The van der Waals surface area contributed by atoms with E-state index >= 15 is 0 Å². The summed E-state index contributed by atoms with van der Waals surface area (Å²) in [6, 6.07) is 5.40. The van der Waals surface area contributed by atoms with E-state index in [4.69, 9.17) is 15.2 Å². The summed E-state index contributed by atoms with van der Waals surface area (Å²) in [6.07, 6.45) is 0.977. The highest BCUT2D eigenvalue weighted by molar-refractivity contribution is 5.51. The van der Waals surface area contributed by atoms with Gasteiger partial charge < -0.3 is 20.1 Å². The second-order valence-electron chi connectivity index (χ2n) is 3.92. The first-order valence-corrected chi connectivity index (χ1v) is 5.34. The lowest BCUT2D eigenvalue weighted by Crippen LogP contribution is -2.15. The Kier molecular flexibility index (Phi) is 4.92. The van der Waals surface area contributed by atoms with E-state index in [9.17, 15) is 0 Å². The van der Waals surface area contributed by atoms with E-state index in [-0.39, 0.29) is 0 Å². The van der Waals surface area contributed by atoms with Crippen molar-refractivity contribution in [2.45, 2.75) is 6.42 Å². The molecule has 0 aliphatic rings. The molecule has 1 aromatic rings. The van der Waals surface area contributed by atoms with Crippen LogP contribution >= 0.6 is 0 Å². The van der Waals surface area contributed by atoms with E-state index < -0.39 is 0 Å². The molecule has 0 saturated heterocycles. The second-order valence-corrected chi connectivity index (χ2v) is 3.92. The number of benzene rings is 1. The average molecular weight is 224 g/mol. The maximum absolute atomic E-state index is 5.69. The summed E-state index contributed by atoms with van der Waals surface area (Å²) in [5, 5.41) is 0. The largest absolute Gasteiger partial charge is 0.493 e. The van der Waals surface area contributed by atoms with Gasteiger partial charge in [-0.05, 0) is 32.6 Å². The Bertz CT molecular complexity index is 327. The van der Waals surface area contributed by atoms with E-state index in [0.29, 0.717) is 18.0 Å². The summed E-state index contributed by atoms with van der Waals surface area (Å²) in [5.41, 5.74) is 6.37. The smallest absolute Gasteiger partial charge is 0.163 e. The molecule has 2 N–H and O–H groups in total. The quantitative estimate of drug-likeness (QED) is 0.589. The van der Waals surface area contributed by atoms with E-state index in [1.807, 2.05) is 20.2 Å². The molecule has 4 heteroatoms. The van der Waals surface area contributed by atoms with Crippen LogP contribution in [0.5, 0.6) is 11.5 Å². The maximum Gasteiger partial charge on any atom is 0.163 e. The third-order valence-corrected chi connectivity index (χ3v) is 2.19. The van der Waals surface area contributed by atoms with E-state index in [2.05, 4.69) is 4.90 Å². The highest BCUT2D eigenvalue weighted by Gasteiger charge is 2.04. The number of methoxy groups -OCH3 is 1. The molecule has 0 atom stereocenters. The standard InChI is InChI=1S/C12H20N2O2/c1-14(2)7-4-8-16-12-9-10(13)5-6-11(12)15-3/h5-6,9H,4,7-8,13H2,1-3H3. The highest BCUT2D eigenvalue weighted by Crippen LogP contribution is 2.28. The number of nitrogen functional groups attached to an aromatic ring is 1. The summed E-state index contributed by atoms with van der Waals surface area (Å²) < 4.78 is 10.8. The van der Waals surface area contributed by atoms with Gasteiger partial charge in [-0.1, -0.05) is 0 Å². The van der Waals surface area contributed by atoms with Crippen molar-refractivity contribution in [1.29, 1.82) is 0 Å². The van der Waals surface area contributed by atoms with Gasteiger partial charge in [-0.15, -0.1) is 0 Å². The third-order valence-electron chi connectivity index (χ3n) is 2.19. The Morgan fingerprint density at radius 3 is 2.62 bits per heavy atom. The lowest BCUT2D eigenvalue weighted by Gasteiger charge is -2.13. The minimum atomic E-state index is 0.665. The molecule has 0 amide bonds. The number of hydrogen-bond donors (Lipinski definition) is 1. The van der Waals surface area contributed by atoms with Gasteiger partial charge in [0.15, 0.2) is 11.5 Å². The first-order valence-electron chi connectivity index (χ1n) is 5.34. The molecule has 0 aliphatic carbocycles. The lowest BCUT2D eigenvalue weighted by molar-refractivity contribution is 0.268. The van der Waals surface area contributed by atoms with E-state index in [1.54, 1.807) is 19.2 Å².